The van der Waals surface area contributed by atoms with Gasteiger partial charge in [-0.1, -0.05) is 19.1 Å². The molecule has 5 heteroatoms. The Labute approximate surface area is 117 Å². The minimum Gasteiger partial charge on any atom is -0.334 e. The van der Waals surface area contributed by atoms with E-state index >= 15 is 0 Å². The number of halogens is 1. The van der Waals surface area contributed by atoms with Crippen molar-refractivity contribution in [3.05, 3.63) is 48.3 Å². The largest absolute Gasteiger partial charge is 0.334 e. The maximum Gasteiger partial charge on any atom is 0.136 e. The van der Waals surface area contributed by atoms with E-state index in [1.165, 1.54) is 17.8 Å². The topological polar surface area (TPSA) is 43.8 Å². The van der Waals surface area contributed by atoms with Crippen LogP contribution in [0.15, 0.2) is 41.6 Å². The van der Waals surface area contributed by atoms with Gasteiger partial charge in [-0.2, -0.15) is 0 Å². The van der Waals surface area contributed by atoms with Crippen molar-refractivity contribution in [1.29, 1.82) is 0 Å². The Kier molecular flexibility index (Phi) is 4.99. The first-order valence-corrected chi connectivity index (χ1v) is 7.35. The van der Waals surface area contributed by atoms with E-state index in [1.807, 2.05) is 12.3 Å². The lowest BCUT2D eigenvalue weighted by molar-refractivity contribution is 0.597. The summed E-state index contributed by atoms with van der Waals surface area (Å²) in [6.45, 7) is 3.02. The van der Waals surface area contributed by atoms with Crippen molar-refractivity contribution in [3.8, 4) is 0 Å². The number of thioether (sulfide) groups is 1. The third-order valence-electron chi connectivity index (χ3n) is 2.80. The van der Waals surface area contributed by atoms with Gasteiger partial charge in [-0.3, -0.25) is 0 Å². The maximum atomic E-state index is 13.5. The van der Waals surface area contributed by atoms with Crippen molar-refractivity contribution in [2.75, 3.05) is 5.75 Å². The zero-order valence-corrected chi connectivity index (χ0v) is 11.7. The molecule has 0 amide bonds. The molecule has 1 aromatic carbocycles. The summed E-state index contributed by atoms with van der Waals surface area (Å²) < 4.78 is 15.6. The minimum atomic E-state index is -0.198. The van der Waals surface area contributed by atoms with Gasteiger partial charge < -0.3 is 10.3 Å². The van der Waals surface area contributed by atoms with Crippen molar-refractivity contribution in [2.45, 2.75) is 30.8 Å². The van der Waals surface area contributed by atoms with E-state index < -0.39 is 0 Å². The second-order valence-electron chi connectivity index (χ2n) is 4.33. The fourth-order valence-corrected chi connectivity index (χ4v) is 2.78. The molecule has 1 atom stereocenters. The molecule has 0 saturated carbocycles. The molecule has 3 nitrogen and oxygen atoms in total. The number of nitrogens with two attached hydrogens (primary N) is 1. The SMILES string of the molecule is CCCn1ccnc1C(N)CSc1ccccc1F. The summed E-state index contributed by atoms with van der Waals surface area (Å²) in [5, 5.41) is 0. The molecule has 2 N–H and O–H groups in total. The van der Waals surface area contributed by atoms with E-state index in [0.717, 1.165) is 18.8 Å². The van der Waals surface area contributed by atoms with Crippen LogP contribution in [0.1, 0.15) is 25.2 Å². The van der Waals surface area contributed by atoms with E-state index in [0.29, 0.717) is 10.6 Å². The molecule has 1 aromatic heterocycles. The zero-order chi connectivity index (χ0) is 13.7. The first-order valence-electron chi connectivity index (χ1n) is 6.36. The van der Waals surface area contributed by atoms with Crippen LogP contribution in [0.5, 0.6) is 0 Å². The summed E-state index contributed by atoms with van der Waals surface area (Å²) in [4.78, 5) is 4.93. The lowest BCUT2D eigenvalue weighted by Crippen LogP contribution is -2.19. The minimum absolute atomic E-state index is 0.189. The van der Waals surface area contributed by atoms with E-state index in [4.69, 9.17) is 5.73 Å². The Balaban J connectivity index is 1.99. The van der Waals surface area contributed by atoms with E-state index in [2.05, 4.69) is 16.5 Å². The van der Waals surface area contributed by atoms with Crippen LogP contribution in [0.4, 0.5) is 4.39 Å². The third-order valence-corrected chi connectivity index (χ3v) is 3.97. The second kappa shape index (κ2) is 6.73. The average molecular weight is 279 g/mol. The smallest absolute Gasteiger partial charge is 0.136 e. The second-order valence-corrected chi connectivity index (χ2v) is 5.39. The first kappa shape index (κ1) is 14.1. The van der Waals surface area contributed by atoms with Crippen LogP contribution in [0.25, 0.3) is 0 Å². The number of hydrogen-bond donors (Lipinski definition) is 1. The van der Waals surface area contributed by atoms with Gasteiger partial charge in [0.25, 0.3) is 0 Å². The molecular formula is C14H18FN3S. The fourth-order valence-electron chi connectivity index (χ4n) is 1.90. The van der Waals surface area contributed by atoms with Gasteiger partial charge in [-0.05, 0) is 18.6 Å². The van der Waals surface area contributed by atoms with Gasteiger partial charge in [-0.25, -0.2) is 9.37 Å². The number of rotatable bonds is 6. The van der Waals surface area contributed by atoms with Crippen molar-refractivity contribution >= 4 is 11.8 Å². The van der Waals surface area contributed by atoms with Crippen molar-refractivity contribution in [1.82, 2.24) is 9.55 Å². The summed E-state index contributed by atoms with van der Waals surface area (Å²) >= 11 is 1.43. The summed E-state index contributed by atoms with van der Waals surface area (Å²) in [5.41, 5.74) is 6.14. The molecule has 0 fully saturated rings. The fraction of sp³-hybridized carbons (Fsp3) is 0.357. The van der Waals surface area contributed by atoms with E-state index in [1.54, 1.807) is 18.3 Å². The summed E-state index contributed by atoms with van der Waals surface area (Å²) in [6, 6.07) is 6.56. The Morgan fingerprint density at radius 2 is 2.21 bits per heavy atom. The van der Waals surface area contributed by atoms with Crippen molar-refractivity contribution < 1.29 is 4.39 Å². The number of hydrogen-bond acceptors (Lipinski definition) is 3. The van der Waals surface area contributed by atoms with Gasteiger partial charge in [-0.15, -0.1) is 11.8 Å². The molecule has 0 spiro atoms. The Morgan fingerprint density at radius 3 is 2.95 bits per heavy atom. The number of imidazole rings is 1. The molecule has 1 heterocycles. The van der Waals surface area contributed by atoms with Crippen LogP contribution < -0.4 is 5.73 Å². The molecule has 2 rings (SSSR count). The van der Waals surface area contributed by atoms with Crippen LogP contribution in [0.3, 0.4) is 0 Å². The molecule has 19 heavy (non-hydrogen) atoms. The highest BCUT2D eigenvalue weighted by atomic mass is 32.2. The van der Waals surface area contributed by atoms with Gasteiger partial charge in [0.1, 0.15) is 11.6 Å². The Bertz CT molecular complexity index is 527. The molecule has 2 aromatic rings. The molecule has 102 valence electrons. The molecule has 0 bridgehead atoms. The monoisotopic (exact) mass is 279 g/mol. The molecule has 0 aliphatic rings. The molecule has 0 aliphatic carbocycles. The highest BCUT2D eigenvalue weighted by Crippen LogP contribution is 2.25. The summed E-state index contributed by atoms with van der Waals surface area (Å²) in [7, 11) is 0. The van der Waals surface area contributed by atoms with Gasteiger partial charge in [0.15, 0.2) is 0 Å². The predicted octanol–water partition coefficient (Wildman–Crippen LogP) is 3.22. The van der Waals surface area contributed by atoms with Crippen molar-refractivity contribution in [2.24, 2.45) is 5.73 Å². The van der Waals surface area contributed by atoms with Gasteiger partial charge in [0, 0.05) is 29.6 Å². The van der Waals surface area contributed by atoms with Crippen LogP contribution >= 0.6 is 11.8 Å². The number of benzene rings is 1. The highest BCUT2D eigenvalue weighted by molar-refractivity contribution is 7.99. The van der Waals surface area contributed by atoms with Gasteiger partial charge in [0.2, 0.25) is 0 Å². The van der Waals surface area contributed by atoms with Gasteiger partial charge >= 0.3 is 0 Å². The van der Waals surface area contributed by atoms with Gasteiger partial charge in [0.05, 0.1) is 6.04 Å². The quantitative estimate of drug-likeness (QED) is 0.826. The van der Waals surface area contributed by atoms with Crippen molar-refractivity contribution in [3.63, 3.8) is 0 Å². The number of aryl methyl sites for hydroxylation is 1. The van der Waals surface area contributed by atoms with Crippen LogP contribution in [-0.4, -0.2) is 15.3 Å². The maximum absolute atomic E-state index is 13.5. The zero-order valence-electron chi connectivity index (χ0n) is 10.9. The van der Waals surface area contributed by atoms with Crippen LogP contribution in [0.2, 0.25) is 0 Å². The van der Waals surface area contributed by atoms with Crippen LogP contribution in [-0.2, 0) is 6.54 Å². The molecule has 1 unspecified atom stereocenters. The highest BCUT2D eigenvalue weighted by Gasteiger charge is 2.13. The Morgan fingerprint density at radius 1 is 1.42 bits per heavy atom. The van der Waals surface area contributed by atoms with E-state index in [9.17, 15) is 4.39 Å². The number of nitrogens with zero attached hydrogens (tertiary/aromatic N) is 2. The molecular weight excluding hydrogens is 261 g/mol. The Hall–Kier alpha value is -1.33. The average Bonchev–Trinajstić information content (AvgIpc) is 2.86. The molecule has 0 saturated heterocycles. The molecule has 0 radical (unpaired) electrons. The van der Waals surface area contributed by atoms with Crippen LogP contribution in [0, 0.1) is 5.82 Å². The lowest BCUT2D eigenvalue weighted by Gasteiger charge is -2.13. The summed E-state index contributed by atoms with van der Waals surface area (Å²) in [6.07, 6.45) is 4.74. The normalized spacial score (nSPS) is 12.6. The lowest BCUT2D eigenvalue weighted by atomic mass is 10.3. The molecule has 0 aliphatic heterocycles. The standard InChI is InChI=1S/C14H18FN3S/c1-2-8-18-9-7-17-14(18)12(16)10-19-13-6-4-3-5-11(13)15/h3-7,9,12H,2,8,10,16H2,1H3. The third kappa shape index (κ3) is 3.58. The summed E-state index contributed by atoms with van der Waals surface area (Å²) in [5.74, 6) is 1.28. The predicted molar refractivity (Wildman–Crippen MR) is 76.6 cm³/mol. The first-order chi connectivity index (χ1) is 9.22. The van der Waals surface area contributed by atoms with E-state index in [-0.39, 0.29) is 11.9 Å². The number of aromatic nitrogens is 2.